The normalized spacial score (nSPS) is 13.0. The molecule has 0 fully saturated rings. The summed E-state index contributed by atoms with van der Waals surface area (Å²) < 4.78 is 1.06. The molecule has 1 rings (SSSR count). The lowest BCUT2D eigenvalue weighted by Crippen LogP contribution is -2.20. The molecule has 1 aromatic carbocycles. The maximum atomic E-state index is 5.70. The Hall–Kier alpha value is -0.380. The third-order valence-electron chi connectivity index (χ3n) is 1.55. The van der Waals surface area contributed by atoms with Gasteiger partial charge in [-0.05, 0) is 17.7 Å². The molecule has 0 aliphatic heterocycles. The van der Waals surface area contributed by atoms with Crippen molar-refractivity contribution < 1.29 is 0 Å². The maximum Gasteiger partial charge on any atom is 0.0419 e. The van der Waals surface area contributed by atoms with Crippen LogP contribution in [-0.4, -0.2) is 6.54 Å². The average Bonchev–Trinajstić information content (AvgIpc) is 2.05. The molecule has 0 aliphatic rings. The topological polar surface area (TPSA) is 52.0 Å². The van der Waals surface area contributed by atoms with Crippen LogP contribution in [-0.2, 0) is 0 Å². The molecule has 0 radical (unpaired) electrons. The van der Waals surface area contributed by atoms with E-state index in [9.17, 15) is 0 Å². The Bertz CT molecular complexity index is 220. The number of nitrogens with two attached hydrogens (primary N) is 2. The fourth-order valence-corrected chi connectivity index (χ4v) is 1.11. The minimum absolute atomic E-state index is 0.0388. The fraction of sp³-hybridized carbons (Fsp3) is 0.250. The Morgan fingerprint density at radius 1 is 1.27 bits per heavy atom. The highest BCUT2D eigenvalue weighted by atomic mass is 79.9. The van der Waals surface area contributed by atoms with Crippen LogP contribution in [0.1, 0.15) is 11.6 Å². The molecule has 0 bridgehead atoms. The maximum absolute atomic E-state index is 5.70. The molecule has 0 saturated carbocycles. The monoisotopic (exact) mass is 214 g/mol. The van der Waals surface area contributed by atoms with E-state index < -0.39 is 0 Å². The van der Waals surface area contributed by atoms with E-state index in [1.807, 2.05) is 24.3 Å². The first kappa shape index (κ1) is 8.71. The highest BCUT2D eigenvalue weighted by Gasteiger charge is 2.01. The van der Waals surface area contributed by atoms with Crippen LogP contribution < -0.4 is 11.5 Å². The predicted octanol–water partition coefficient (Wildman–Crippen LogP) is 1.41. The van der Waals surface area contributed by atoms with Gasteiger partial charge >= 0.3 is 0 Å². The summed E-state index contributed by atoms with van der Waals surface area (Å²) in [6, 6.07) is 7.84. The van der Waals surface area contributed by atoms with Gasteiger partial charge < -0.3 is 11.5 Å². The van der Waals surface area contributed by atoms with Crippen molar-refractivity contribution >= 4 is 15.9 Å². The zero-order valence-corrected chi connectivity index (χ0v) is 7.71. The van der Waals surface area contributed by atoms with Crippen molar-refractivity contribution in [1.29, 1.82) is 0 Å². The molecular formula is C8H11BrN2. The van der Waals surface area contributed by atoms with Gasteiger partial charge in [0.25, 0.3) is 0 Å². The lowest BCUT2D eigenvalue weighted by Gasteiger charge is -2.07. The summed E-state index contributed by atoms with van der Waals surface area (Å²) in [6.07, 6.45) is 0. The second-order valence-electron chi connectivity index (χ2n) is 2.39. The van der Waals surface area contributed by atoms with E-state index in [0.29, 0.717) is 6.54 Å². The fourth-order valence-electron chi connectivity index (χ4n) is 0.846. The smallest absolute Gasteiger partial charge is 0.0419 e. The summed E-state index contributed by atoms with van der Waals surface area (Å²) in [7, 11) is 0. The molecule has 0 amide bonds. The van der Waals surface area contributed by atoms with Gasteiger partial charge in [0.1, 0.15) is 0 Å². The quantitative estimate of drug-likeness (QED) is 0.783. The summed E-state index contributed by atoms with van der Waals surface area (Å²) >= 11 is 3.34. The predicted molar refractivity (Wildman–Crippen MR) is 50.1 cm³/mol. The van der Waals surface area contributed by atoms with Crippen LogP contribution in [0.2, 0.25) is 0 Å². The number of rotatable bonds is 2. The van der Waals surface area contributed by atoms with Crippen molar-refractivity contribution in [1.82, 2.24) is 0 Å². The second kappa shape index (κ2) is 3.85. The summed E-state index contributed by atoms with van der Waals surface area (Å²) in [5.74, 6) is 0. The van der Waals surface area contributed by atoms with Gasteiger partial charge in [0, 0.05) is 17.1 Å². The minimum Gasteiger partial charge on any atom is -0.329 e. The molecule has 0 saturated heterocycles. The Morgan fingerprint density at radius 2 is 1.82 bits per heavy atom. The number of hydrogen-bond acceptors (Lipinski definition) is 2. The summed E-state index contributed by atoms with van der Waals surface area (Å²) in [5.41, 5.74) is 12.2. The lowest BCUT2D eigenvalue weighted by atomic mass is 10.1. The second-order valence-corrected chi connectivity index (χ2v) is 3.31. The molecule has 0 aliphatic carbocycles. The molecule has 11 heavy (non-hydrogen) atoms. The third-order valence-corrected chi connectivity index (χ3v) is 2.08. The first-order valence-corrected chi connectivity index (χ1v) is 4.24. The lowest BCUT2D eigenvalue weighted by molar-refractivity contribution is 0.737. The van der Waals surface area contributed by atoms with E-state index in [1.165, 1.54) is 0 Å². The molecule has 0 aromatic heterocycles. The van der Waals surface area contributed by atoms with E-state index in [4.69, 9.17) is 11.5 Å². The van der Waals surface area contributed by atoms with Crippen LogP contribution in [0.5, 0.6) is 0 Å². The molecule has 1 atom stereocenters. The van der Waals surface area contributed by atoms with Crippen molar-refractivity contribution in [2.24, 2.45) is 11.5 Å². The summed E-state index contributed by atoms with van der Waals surface area (Å²) in [4.78, 5) is 0. The summed E-state index contributed by atoms with van der Waals surface area (Å²) in [6.45, 7) is 0.488. The molecular weight excluding hydrogens is 204 g/mol. The standard InChI is InChI=1S/C8H11BrN2/c9-7-3-1-6(2-4-7)8(11)5-10/h1-4,8H,5,10-11H2/t8-/m1/s1. The largest absolute Gasteiger partial charge is 0.329 e. The number of hydrogen-bond donors (Lipinski definition) is 2. The van der Waals surface area contributed by atoms with Gasteiger partial charge in [0.2, 0.25) is 0 Å². The molecule has 3 heteroatoms. The SMILES string of the molecule is NC[C@@H](N)c1ccc(Br)cc1. The van der Waals surface area contributed by atoms with E-state index in [1.54, 1.807) is 0 Å². The molecule has 0 unspecified atom stereocenters. The van der Waals surface area contributed by atoms with Crippen molar-refractivity contribution in [3.05, 3.63) is 34.3 Å². The van der Waals surface area contributed by atoms with Gasteiger partial charge in [-0.2, -0.15) is 0 Å². The van der Waals surface area contributed by atoms with Crippen LogP contribution >= 0.6 is 15.9 Å². The average molecular weight is 215 g/mol. The molecule has 0 spiro atoms. The summed E-state index contributed by atoms with van der Waals surface area (Å²) in [5, 5.41) is 0. The van der Waals surface area contributed by atoms with Gasteiger partial charge in [-0.25, -0.2) is 0 Å². The Balaban J connectivity index is 2.81. The van der Waals surface area contributed by atoms with Crippen molar-refractivity contribution in [2.75, 3.05) is 6.54 Å². The number of halogens is 1. The van der Waals surface area contributed by atoms with E-state index in [-0.39, 0.29) is 6.04 Å². The van der Waals surface area contributed by atoms with Gasteiger partial charge in [0.15, 0.2) is 0 Å². The Kier molecular flexibility index (Phi) is 3.05. The van der Waals surface area contributed by atoms with Crippen molar-refractivity contribution in [3.63, 3.8) is 0 Å². The molecule has 0 heterocycles. The van der Waals surface area contributed by atoms with Crippen molar-refractivity contribution in [3.8, 4) is 0 Å². The van der Waals surface area contributed by atoms with E-state index in [2.05, 4.69) is 15.9 Å². The van der Waals surface area contributed by atoms with Crippen LogP contribution in [0, 0.1) is 0 Å². The highest BCUT2D eigenvalue weighted by Crippen LogP contribution is 2.14. The van der Waals surface area contributed by atoms with E-state index in [0.717, 1.165) is 10.0 Å². The zero-order chi connectivity index (χ0) is 8.27. The van der Waals surface area contributed by atoms with Crippen LogP contribution in [0.25, 0.3) is 0 Å². The van der Waals surface area contributed by atoms with E-state index >= 15 is 0 Å². The van der Waals surface area contributed by atoms with Crippen LogP contribution in [0.3, 0.4) is 0 Å². The molecule has 4 N–H and O–H groups in total. The van der Waals surface area contributed by atoms with Gasteiger partial charge in [-0.15, -0.1) is 0 Å². The molecule has 1 aromatic rings. The molecule has 60 valence electrons. The van der Waals surface area contributed by atoms with Crippen LogP contribution in [0.15, 0.2) is 28.7 Å². The van der Waals surface area contributed by atoms with Gasteiger partial charge in [0.05, 0.1) is 0 Å². The molecule has 2 nitrogen and oxygen atoms in total. The number of benzene rings is 1. The van der Waals surface area contributed by atoms with Crippen LogP contribution in [0.4, 0.5) is 0 Å². The highest BCUT2D eigenvalue weighted by molar-refractivity contribution is 9.10. The Labute approximate surface area is 74.7 Å². The van der Waals surface area contributed by atoms with Gasteiger partial charge in [-0.1, -0.05) is 28.1 Å². The first-order valence-electron chi connectivity index (χ1n) is 3.45. The minimum atomic E-state index is -0.0388. The Morgan fingerprint density at radius 3 is 2.27 bits per heavy atom. The first-order chi connectivity index (χ1) is 5.24. The van der Waals surface area contributed by atoms with Gasteiger partial charge in [-0.3, -0.25) is 0 Å². The third kappa shape index (κ3) is 2.29. The van der Waals surface area contributed by atoms with Crippen molar-refractivity contribution in [2.45, 2.75) is 6.04 Å². The zero-order valence-electron chi connectivity index (χ0n) is 6.13.